The van der Waals surface area contributed by atoms with E-state index in [2.05, 4.69) is 16.0 Å². The first kappa shape index (κ1) is 31.6. The van der Waals surface area contributed by atoms with Crippen LogP contribution in [0, 0.1) is 0 Å². The normalized spacial score (nSPS) is 12.3. The largest absolute Gasteiger partial charge is 0.481 e. The Labute approximate surface area is 204 Å². The Morgan fingerprint density at radius 2 is 1.14 bits per heavy atom. The van der Waals surface area contributed by atoms with E-state index in [1.165, 1.54) is 0 Å². The molecule has 0 aliphatic heterocycles. The highest BCUT2D eigenvalue weighted by Gasteiger charge is 2.25. The third-order valence-electron chi connectivity index (χ3n) is 4.87. The highest BCUT2D eigenvalue weighted by Crippen LogP contribution is 2.06. The number of hydrogen-bond donors (Lipinski definition) is 7. The standard InChI is InChI=1S/C22H38N4O9/c1-14(2)24-18(28)8-6-4-3-5-7-13-23-17(27)11-9-15(20(31)32)25-22(35)26-16(21(33)34)10-12-19(29)30/h14-16H,3-13H2,1-2H3,(H,23,27)(H,24,28)(H,29,30)(H,31,32)(H,33,34)(H2,25,26,35)/t15-,16-/m0/s1. The van der Waals surface area contributed by atoms with Crippen molar-refractivity contribution in [2.75, 3.05) is 6.54 Å². The molecule has 13 heteroatoms. The van der Waals surface area contributed by atoms with Gasteiger partial charge in [-0.3, -0.25) is 14.4 Å². The average Bonchev–Trinajstić information content (AvgIpc) is 2.74. The number of amides is 4. The fourth-order valence-corrected chi connectivity index (χ4v) is 3.07. The molecule has 0 saturated carbocycles. The van der Waals surface area contributed by atoms with Crippen molar-refractivity contribution in [1.29, 1.82) is 0 Å². The van der Waals surface area contributed by atoms with E-state index in [1.54, 1.807) is 0 Å². The van der Waals surface area contributed by atoms with Crippen LogP contribution in [0.4, 0.5) is 4.79 Å². The first-order chi connectivity index (χ1) is 16.4. The van der Waals surface area contributed by atoms with Crippen LogP contribution in [0.25, 0.3) is 0 Å². The van der Waals surface area contributed by atoms with Crippen molar-refractivity contribution in [1.82, 2.24) is 21.3 Å². The Hall–Kier alpha value is -3.38. The summed E-state index contributed by atoms with van der Waals surface area (Å²) < 4.78 is 0. The maximum atomic E-state index is 12.0. The number of nitrogens with one attached hydrogen (secondary N) is 4. The molecule has 2 atom stereocenters. The van der Waals surface area contributed by atoms with E-state index < -0.39 is 42.4 Å². The maximum absolute atomic E-state index is 12.0. The smallest absolute Gasteiger partial charge is 0.326 e. The van der Waals surface area contributed by atoms with Gasteiger partial charge in [-0.15, -0.1) is 0 Å². The number of carboxylic acids is 3. The van der Waals surface area contributed by atoms with E-state index in [4.69, 9.17) is 10.2 Å². The van der Waals surface area contributed by atoms with Gasteiger partial charge in [-0.05, 0) is 39.5 Å². The molecule has 0 fully saturated rings. The zero-order valence-corrected chi connectivity index (χ0v) is 20.3. The second-order valence-corrected chi connectivity index (χ2v) is 8.46. The van der Waals surface area contributed by atoms with Crippen LogP contribution in [0.5, 0.6) is 0 Å². The zero-order chi connectivity index (χ0) is 26.8. The number of carbonyl (C=O) groups is 6. The van der Waals surface area contributed by atoms with Gasteiger partial charge in [0.05, 0.1) is 0 Å². The summed E-state index contributed by atoms with van der Waals surface area (Å²) in [4.78, 5) is 68.5. The van der Waals surface area contributed by atoms with Gasteiger partial charge in [0.2, 0.25) is 11.8 Å². The van der Waals surface area contributed by atoms with Crippen molar-refractivity contribution in [2.24, 2.45) is 0 Å². The molecule has 200 valence electrons. The fraction of sp³-hybridized carbons (Fsp3) is 0.727. The summed E-state index contributed by atoms with van der Waals surface area (Å²) in [5.41, 5.74) is 0. The molecule has 0 spiro atoms. The number of urea groups is 1. The lowest BCUT2D eigenvalue weighted by Crippen LogP contribution is -2.51. The van der Waals surface area contributed by atoms with Crippen LogP contribution in [0.15, 0.2) is 0 Å². The maximum Gasteiger partial charge on any atom is 0.326 e. The molecule has 4 amide bonds. The molecule has 0 saturated heterocycles. The fourth-order valence-electron chi connectivity index (χ4n) is 3.07. The Morgan fingerprint density at radius 3 is 1.66 bits per heavy atom. The molecule has 0 aliphatic carbocycles. The second kappa shape index (κ2) is 18.0. The number of carbonyl (C=O) groups excluding carboxylic acids is 3. The molecule has 35 heavy (non-hydrogen) atoms. The molecule has 0 aromatic heterocycles. The van der Waals surface area contributed by atoms with Crippen LogP contribution < -0.4 is 21.3 Å². The number of unbranched alkanes of at least 4 members (excludes halogenated alkanes) is 4. The lowest BCUT2D eigenvalue weighted by molar-refractivity contribution is -0.141. The molecule has 0 bridgehead atoms. The molecule has 0 rings (SSSR count). The predicted octanol–water partition coefficient (Wildman–Crippen LogP) is 0.818. The molecule has 0 unspecified atom stereocenters. The molecule has 7 N–H and O–H groups in total. The average molecular weight is 503 g/mol. The summed E-state index contributed by atoms with van der Waals surface area (Å²) in [5.74, 6) is -4.43. The molecular weight excluding hydrogens is 464 g/mol. The molecule has 0 aromatic rings. The van der Waals surface area contributed by atoms with Crippen LogP contribution >= 0.6 is 0 Å². The molecular formula is C22H38N4O9. The molecule has 0 aromatic carbocycles. The lowest BCUT2D eigenvalue weighted by atomic mass is 10.1. The molecule has 13 nitrogen and oxygen atoms in total. The van der Waals surface area contributed by atoms with Gasteiger partial charge >= 0.3 is 23.9 Å². The van der Waals surface area contributed by atoms with Gasteiger partial charge in [0.1, 0.15) is 12.1 Å². The third kappa shape index (κ3) is 17.7. The van der Waals surface area contributed by atoms with Crippen molar-refractivity contribution >= 4 is 35.8 Å². The van der Waals surface area contributed by atoms with Crippen molar-refractivity contribution in [3.8, 4) is 0 Å². The van der Waals surface area contributed by atoms with Crippen molar-refractivity contribution in [3.63, 3.8) is 0 Å². The highest BCUT2D eigenvalue weighted by molar-refractivity contribution is 5.86. The molecule has 0 radical (unpaired) electrons. The number of hydrogen-bond acceptors (Lipinski definition) is 6. The highest BCUT2D eigenvalue weighted by atomic mass is 16.4. The van der Waals surface area contributed by atoms with Crippen LogP contribution in [-0.4, -0.2) is 75.7 Å². The number of rotatable bonds is 19. The third-order valence-corrected chi connectivity index (χ3v) is 4.87. The van der Waals surface area contributed by atoms with Gasteiger partial charge in [-0.1, -0.05) is 19.3 Å². The van der Waals surface area contributed by atoms with E-state index >= 15 is 0 Å². The van der Waals surface area contributed by atoms with Crippen molar-refractivity contribution < 1.29 is 44.1 Å². The Morgan fingerprint density at radius 1 is 0.629 bits per heavy atom. The van der Waals surface area contributed by atoms with Crippen LogP contribution in [-0.2, 0) is 24.0 Å². The minimum atomic E-state index is -1.50. The number of aliphatic carboxylic acids is 3. The minimum absolute atomic E-state index is 0.0405. The number of carboxylic acid groups (broad SMARTS) is 3. The predicted molar refractivity (Wildman–Crippen MR) is 125 cm³/mol. The van der Waals surface area contributed by atoms with E-state index in [-0.39, 0.29) is 37.1 Å². The molecule has 0 aliphatic rings. The second-order valence-electron chi connectivity index (χ2n) is 8.46. The van der Waals surface area contributed by atoms with Crippen LogP contribution in [0.3, 0.4) is 0 Å². The van der Waals surface area contributed by atoms with Gasteiger partial charge in [-0.2, -0.15) is 0 Å². The first-order valence-electron chi connectivity index (χ1n) is 11.7. The van der Waals surface area contributed by atoms with Crippen LogP contribution in [0.1, 0.15) is 78.1 Å². The summed E-state index contributed by atoms with van der Waals surface area (Å²) in [6, 6.07) is -3.88. The van der Waals surface area contributed by atoms with Crippen molar-refractivity contribution in [3.05, 3.63) is 0 Å². The Balaban J connectivity index is 4.15. The topological polar surface area (TPSA) is 211 Å². The first-order valence-corrected chi connectivity index (χ1v) is 11.7. The summed E-state index contributed by atoms with van der Waals surface area (Å²) in [5, 5.41) is 36.6. The van der Waals surface area contributed by atoms with E-state index in [1.807, 2.05) is 19.2 Å². The monoisotopic (exact) mass is 502 g/mol. The Kier molecular flexibility index (Phi) is 16.3. The van der Waals surface area contributed by atoms with Crippen LogP contribution in [0.2, 0.25) is 0 Å². The summed E-state index contributed by atoms with van der Waals surface area (Å²) in [6.07, 6.45) is 3.50. The van der Waals surface area contributed by atoms with E-state index in [0.717, 1.165) is 32.1 Å². The van der Waals surface area contributed by atoms with Gasteiger partial charge in [0.25, 0.3) is 0 Å². The zero-order valence-electron chi connectivity index (χ0n) is 20.3. The van der Waals surface area contributed by atoms with Gasteiger partial charge in [-0.25, -0.2) is 14.4 Å². The summed E-state index contributed by atoms with van der Waals surface area (Å²) >= 11 is 0. The van der Waals surface area contributed by atoms with Crippen molar-refractivity contribution in [2.45, 2.75) is 96.2 Å². The van der Waals surface area contributed by atoms with Gasteiger partial charge in [0, 0.05) is 31.8 Å². The summed E-state index contributed by atoms with van der Waals surface area (Å²) in [6.45, 7) is 4.23. The minimum Gasteiger partial charge on any atom is -0.481 e. The van der Waals surface area contributed by atoms with E-state index in [9.17, 15) is 33.9 Å². The van der Waals surface area contributed by atoms with Gasteiger partial charge < -0.3 is 36.6 Å². The lowest BCUT2D eigenvalue weighted by Gasteiger charge is -2.18. The van der Waals surface area contributed by atoms with Gasteiger partial charge in [0.15, 0.2) is 0 Å². The Bertz CT molecular complexity index is 728. The quantitative estimate of drug-likeness (QED) is 0.124. The SMILES string of the molecule is CC(C)NC(=O)CCCCCCCNC(=O)CC[C@H](NC(=O)N[C@@H](CCC(=O)O)C(=O)O)C(=O)O. The summed E-state index contributed by atoms with van der Waals surface area (Å²) in [7, 11) is 0. The van der Waals surface area contributed by atoms with E-state index in [0.29, 0.717) is 13.0 Å². The molecule has 0 heterocycles.